The molecule has 0 aliphatic heterocycles. The van der Waals surface area contributed by atoms with Gasteiger partial charge in [-0.05, 0) is 60.2 Å². The van der Waals surface area contributed by atoms with Gasteiger partial charge >= 0.3 is 0 Å². The van der Waals surface area contributed by atoms with Gasteiger partial charge in [-0.25, -0.2) is 0 Å². The highest BCUT2D eigenvalue weighted by atomic mass is 16.1. The number of H-pyrrole nitrogens is 1. The van der Waals surface area contributed by atoms with Gasteiger partial charge in [0.2, 0.25) is 0 Å². The molecule has 4 aromatic carbocycles. The van der Waals surface area contributed by atoms with E-state index in [4.69, 9.17) is 0 Å². The van der Waals surface area contributed by atoms with Crippen molar-refractivity contribution in [1.82, 2.24) is 10.3 Å². The van der Waals surface area contributed by atoms with Gasteiger partial charge in [0.05, 0.1) is 6.04 Å². The maximum atomic E-state index is 12.0. The fraction of sp³-hybridized carbons (Fsp3) is 0.0690. The van der Waals surface area contributed by atoms with Crippen molar-refractivity contribution in [1.29, 1.82) is 0 Å². The molecule has 0 fully saturated rings. The van der Waals surface area contributed by atoms with Crippen LogP contribution in [0.25, 0.3) is 10.9 Å². The molecule has 0 aliphatic rings. The van der Waals surface area contributed by atoms with E-state index < -0.39 is 0 Å². The van der Waals surface area contributed by atoms with E-state index in [0.717, 1.165) is 39.1 Å². The van der Waals surface area contributed by atoms with Crippen LogP contribution in [0, 0.1) is 0 Å². The molecule has 0 saturated carbocycles. The first-order valence-electron chi connectivity index (χ1n) is 11.3. The minimum Gasteiger partial charge on any atom is -0.374 e. The second kappa shape index (κ2) is 9.55. The second-order valence-electron chi connectivity index (χ2n) is 8.14. The normalized spacial score (nSPS) is 11.7. The molecular weight excluding hydrogens is 420 g/mol. The smallest absolute Gasteiger partial charge is 0.251 e. The number of carbonyl (C=O) groups is 1. The molecule has 1 amide bonds. The highest BCUT2D eigenvalue weighted by Gasteiger charge is 2.19. The third-order valence-electron chi connectivity index (χ3n) is 5.92. The lowest BCUT2D eigenvalue weighted by atomic mass is 9.96. The lowest BCUT2D eigenvalue weighted by Crippen LogP contribution is -2.18. The molecule has 1 atom stereocenters. The molecule has 0 spiro atoms. The van der Waals surface area contributed by atoms with Crippen LogP contribution in [0.5, 0.6) is 0 Å². The topological polar surface area (TPSA) is 69.0 Å². The number of hydrogen-bond acceptors (Lipinski definition) is 3. The number of benzene rings is 4. The molecule has 1 unspecified atom stereocenters. The van der Waals surface area contributed by atoms with Crippen LogP contribution in [-0.2, 0) is 0 Å². The molecule has 0 bridgehead atoms. The van der Waals surface area contributed by atoms with Gasteiger partial charge in [-0.15, -0.1) is 0 Å². The van der Waals surface area contributed by atoms with Crippen molar-refractivity contribution in [3.05, 3.63) is 126 Å². The van der Waals surface area contributed by atoms with Gasteiger partial charge in [-0.2, -0.15) is 0 Å². The summed E-state index contributed by atoms with van der Waals surface area (Å²) in [6, 6.07) is 34.3. The van der Waals surface area contributed by atoms with Crippen LogP contribution < -0.4 is 16.0 Å². The number of nitrogens with one attached hydrogen (secondary N) is 4. The molecule has 0 radical (unpaired) electrons. The third kappa shape index (κ3) is 4.50. The van der Waals surface area contributed by atoms with E-state index in [0.29, 0.717) is 5.56 Å². The second-order valence-corrected chi connectivity index (χ2v) is 8.14. The van der Waals surface area contributed by atoms with Crippen molar-refractivity contribution in [3.8, 4) is 0 Å². The van der Waals surface area contributed by atoms with E-state index in [2.05, 4.69) is 69.6 Å². The fourth-order valence-electron chi connectivity index (χ4n) is 4.15. The van der Waals surface area contributed by atoms with Gasteiger partial charge in [-0.1, -0.05) is 48.5 Å². The lowest BCUT2D eigenvalue weighted by Gasteiger charge is -2.21. The Morgan fingerprint density at radius 3 is 2.12 bits per heavy atom. The van der Waals surface area contributed by atoms with Crippen molar-refractivity contribution in [2.24, 2.45) is 0 Å². The predicted molar refractivity (Wildman–Crippen MR) is 140 cm³/mol. The molecule has 168 valence electrons. The summed E-state index contributed by atoms with van der Waals surface area (Å²) in [5, 5.41) is 11.0. The largest absolute Gasteiger partial charge is 0.374 e. The summed E-state index contributed by atoms with van der Waals surface area (Å²) in [6.07, 6.45) is 2.06. The average molecular weight is 447 g/mol. The molecule has 34 heavy (non-hydrogen) atoms. The molecule has 5 aromatic rings. The highest BCUT2D eigenvalue weighted by molar-refractivity contribution is 5.94. The number of aromatic nitrogens is 1. The molecule has 5 nitrogen and oxygen atoms in total. The zero-order valence-electron chi connectivity index (χ0n) is 18.9. The first-order valence-corrected chi connectivity index (χ1v) is 11.3. The number of hydrogen-bond donors (Lipinski definition) is 4. The van der Waals surface area contributed by atoms with Crippen LogP contribution in [0.2, 0.25) is 0 Å². The van der Waals surface area contributed by atoms with E-state index in [-0.39, 0.29) is 11.9 Å². The minimum atomic E-state index is -0.0946. The Labute approximate surface area is 198 Å². The van der Waals surface area contributed by atoms with E-state index in [1.54, 1.807) is 7.05 Å². The van der Waals surface area contributed by atoms with E-state index in [9.17, 15) is 4.79 Å². The van der Waals surface area contributed by atoms with Gasteiger partial charge in [0.15, 0.2) is 0 Å². The number of amides is 1. The van der Waals surface area contributed by atoms with Crippen LogP contribution in [-0.4, -0.2) is 17.9 Å². The zero-order chi connectivity index (χ0) is 23.3. The molecule has 0 aliphatic carbocycles. The lowest BCUT2D eigenvalue weighted by molar-refractivity contribution is 0.0963. The van der Waals surface area contributed by atoms with Crippen LogP contribution >= 0.6 is 0 Å². The number of rotatable bonds is 7. The van der Waals surface area contributed by atoms with E-state index in [1.165, 1.54) is 0 Å². The molecule has 4 N–H and O–H groups in total. The molecular formula is C29H26N4O. The SMILES string of the molecule is CNC(=O)c1ccc(C(Nc2ccc(Nc3ccccc3)cc2)c2c[nH]c3ccccc23)cc1. The third-order valence-corrected chi connectivity index (χ3v) is 5.92. The van der Waals surface area contributed by atoms with Crippen LogP contribution in [0.3, 0.4) is 0 Å². The Morgan fingerprint density at radius 1 is 0.735 bits per heavy atom. The minimum absolute atomic E-state index is 0.0929. The van der Waals surface area contributed by atoms with Gasteiger partial charge in [0.1, 0.15) is 0 Å². The number of para-hydroxylation sites is 2. The zero-order valence-corrected chi connectivity index (χ0v) is 18.9. The standard InChI is InChI=1S/C29H26N4O/c1-30-29(34)21-13-11-20(12-14-21)28(26-19-31-27-10-6-5-9-25(26)27)33-24-17-15-23(16-18-24)32-22-7-3-2-4-8-22/h2-19,28,31-33H,1H3,(H,30,34). The van der Waals surface area contributed by atoms with Crippen LogP contribution in [0.1, 0.15) is 27.5 Å². The molecule has 5 heteroatoms. The summed E-state index contributed by atoms with van der Waals surface area (Å²) < 4.78 is 0. The number of anilines is 3. The Morgan fingerprint density at radius 2 is 1.38 bits per heavy atom. The summed E-state index contributed by atoms with van der Waals surface area (Å²) in [5.74, 6) is -0.0929. The molecule has 1 heterocycles. The average Bonchev–Trinajstić information content (AvgIpc) is 3.32. The predicted octanol–water partition coefficient (Wildman–Crippen LogP) is 6.47. The van der Waals surface area contributed by atoms with Crippen molar-refractivity contribution in [3.63, 3.8) is 0 Å². The summed E-state index contributed by atoms with van der Waals surface area (Å²) >= 11 is 0. The van der Waals surface area contributed by atoms with Crippen molar-refractivity contribution in [2.45, 2.75) is 6.04 Å². The van der Waals surface area contributed by atoms with E-state index in [1.807, 2.05) is 60.7 Å². The first-order chi connectivity index (χ1) is 16.7. The number of aromatic amines is 1. The van der Waals surface area contributed by atoms with Crippen LogP contribution in [0.15, 0.2) is 109 Å². The Bertz CT molecular complexity index is 1390. The van der Waals surface area contributed by atoms with Crippen LogP contribution in [0.4, 0.5) is 17.1 Å². The Kier molecular flexibility index (Phi) is 5.99. The summed E-state index contributed by atoms with van der Waals surface area (Å²) in [7, 11) is 1.64. The molecule has 5 rings (SSSR count). The monoisotopic (exact) mass is 446 g/mol. The number of carbonyl (C=O) groups excluding carboxylic acids is 1. The Balaban J connectivity index is 1.45. The maximum absolute atomic E-state index is 12.0. The van der Waals surface area contributed by atoms with Gasteiger partial charge in [-0.3, -0.25) is 4.79 Å². The van der Waals surface area contributed by atoms with Crippen molar-refractivity contribution >= 4 is 33.9 Å². The first kappa shape index (κ1) is 21.3. The van der Waals surface area contributed by atoms with E-state index >= 15 is 0 Å². The van der Waals surface area contributed by atoms with Gasteiger partial charge in [0.25, 0.3) is 5.91 Å². The van der Waals surface area contributed by atoms with Gasteiger partial charge in [0, 0.05) is 52.3 Å². The van der Waals surface area contributed by atoms with Crippen molar-refractivity contribution in [2.75, 3.05) is 17.7 Å². The summed E-state index contributed by atoms with van der Waals surface area (Å²) in [5.41, 5.74) is 7.03. The summed E-state index contributed by atoms with van der Waals surface area (Å²) in [6.45, 7) is 0. The summed E-state index contributed by atoms with van der Waals surface area (Å²) in [4.78, 5) is 15.4. The quantitative estimate of drug-likeness (QED) is 0.231. The van der Waals surface area contributed by atoms with Gasteiger partial charge < -0.3 is 20.9 Å². The number of fused-ring (bicyclic) bond motifs is 1. The molecule has 0 saturated heterocycles. The fourth-order valence-corrected chi connectivity index (χ4v) is 4.15. The molecule has 1 aromatic heterocycles. The highest BCUT2D eigenvalue weighted by Crippen LogP contribution is 2.32. The van der Waals surface area contributed by atoms with Crippen molar-refractivity contribution < 1.29 is 4.79 Å². The Hall–Kier alpha value is -4.51. The maximum Gasteiger partial charge on any atom is 0.251 e.